The summed E-state index contributed by atoms with van der Waals surface area (Å²) >= 11 is 0. The zero-order valence-electron chi connectivity index (χ0n) is 11.3. The molecule has 1 aliphatic rings. The Labute approximate surface area is 120 Å². The maximum absolute atomic E-state index is 13.3. The van der Waals surface area contributed by atoms with Gasteiger partial charge in [0.05, 0.1) is 6.04 Å². The molecule has 1 aromatic carbocycles. The summed E-state index contributed by atoms with van der Waals surface area (Å²) in [7, 11) is 0. The van der Waals surface area contributed by atoms with Crippen LogP contribution in [0.3, 0.4) is 0 Å². The number of hydrogen-bond donors (Lipinski definition) is 2. The van der Waals surface area contributed by atoms with Gasteiger partial charge in [0.15, 0.2) is 11.6 Å². The van der Waals surface area contributed by atoms with Crippen molar-refractivity contribution in [3.8, 4) is 11.1 Å². The Morgan fingerprint density at radius 2 is 2.05 bits per heavy atom. The van der Waals surface area contributed by atoms with E-state index in [4.69, 9.17) is 5.73 Å². The fraction of sp³-hybridized carbons (Fsp3) is 0.267. The van der Waals surface area contributed by atoms with Crippen LogP contribution >= 0.6 is 0 Å². The summed E-state index contributed by atoms with van der Waals surface area (Å²) in [6, 6.07) is 5.48. The van der Waals surface area contributed by atoms with E-state index in [9.17, 15) is 13.6 Å². The predicted octanol–water partition coefficient (Wildman–Crippen LogP) is 2.07. The molecular weight excluding hydrogens is 276 g/mol. The van der Waals surface area contributed by atoms with Gasteiger partial charge < -0.3 is 15.6 Å². The summed E-state index contributed by atoms with van der Waals surface area (Å²) in [6.07, 6.45) is 2.53. The van der Waals surface area contributed by atoms with E-state index in [1.165, 1.54) is 6.07 Å². The van der Waals surface area contributed by atoms with E-state index in [0.29, 0.717) is 29.9 Å². The lowest BCUT2D eigenvalue weighted by Crippen LogP contribution is -2.39. The number of fused-ring (bicyclic) bond motifs is 1. The van der Waals surface area contributed by atoms with Crippen LogP contribution in [0, 0.1) is 11.6 Å². The molecule has 3 N–H and O–H groups in total. The molecule has 2 aromatic rings. The maximum Gasteiger partial charge on any atom is 0.268 e. The number of nitrogens with two attached hydrogens (primary N) is 1. The highest BCUT2D eigenvalue weighted by molar-refractivity contribution is 5.95. The Morgan fingerprint density at radius 1 is 1.24 bits per heavy atom. The lowest BCUT2D eigenvalue weighted by Gasteiger charge is -2.25. The number of rotatable bonds is 3. The Bertz CT molecular complexity index is 696. The number of amides is 1. The van der Waals surface area contributed by atoms with Gasteiger partial charge in [-0.25, -0.2) is 8.78 Å². The largest absolute Gasteiger partial charge is 0.349 e. The van der Waals surface area contributed by atoms with Gasteiger partial charge in [0, 0.05) is 18.3 Å². The topological polar surface area (TPSA) is 60.0 Å². The molecule has 1 aliphatic heterocycles. The van der Waals surface area contributed by atoms with E-state index in [2.05, 4.69) is 5.32 Å². The lowest BCUT2D eigenvalue weighted by atomic mass is 10.1. The fourth-order valence-electron chi connectivity index (χ4n) is 2.63. The summed E-state index contributed by atoms with van der Waals surface area (Å²) in [6.45, 7) is 1.04. The smallest absolute Gasteiger partial charge is 0.268 e. The van der Waals surface area contributed by atoms with Crippen molar-refractivity contribution < 1.29 is 13.6 Å². The van der Waals surface area contributed by atoms with Gasteiger partial charge in [-0.2, -0.15) is 0 Å². The minimum absolute atomic E-state index is 0.0849. The summed E-state index contributed by atoms with van der Waals surface area (Å²) in [5, 5.41) is 2.81. The quantitative estimate of drug-likeness (QED) is 0.909. The van der Waals surface area contributed by atoms with Crippen LogP contribution in [0.4, 0.5) is 8.78 Å². The highest BCUT2D eigenvalue weighted by Crippen LogP contribution is 2.28. The second-order valence-electron chi connectivity index (χ2n) is 5.09. The molecule has 1 amide bonds. The molecule has 2 heterocycles. The van der Waals surface area contributed by atoms with Gasteiger partial charge in [-0.1, -0.05) is 6.07 Å². The first-order valence-corrected chi connectivity index (χ1v) is 6.75. The normalized spacial score (nSPS) is 17.5. The molecule has 1 unspecified atom stereocenters. The molecule has 0 saturated carbocycles. The molecule has 3 rings (SSSR count). The van der Waals surface area contributed by atoms with Crippen LogP contribution in [0.25, 0.3) is 11.1 Å². The zero-order chi connectivity index (χ0) is 15.0. The molecule has 6 heteroatoms. The third kappa shape index (κ3) is 2.42. The van der Waals surface area contributed by atoms with Crippen LogP contribution in [0.5, 0.6) is 0 Å². The number of aromatic nitrogens is 1. The minimum Gasteiger partial charge on any atom is -0.349 e. The monoisotopic (exact) mass is 291 g/mol. The van der Waals surface area contributed by atoms with Crippen molar-refractivity contribution in [3.63, 3.8) is 0 Å². The molecule has 4 nitrogen and oxygen atoms in total. The molecule has 110 valence electrons. The van der Waals surface area contributed by atoms with Gasteiger partial charge in [-0.3, -0.25) is 4.79 Å². The van der Waals surface area contributed by atoms with E-state index < -0.39 is 11.6 Å². The number of carbonyl (C=O) groups excluding carboxylic acids is 1. The van der Waals surface area contributed by atoms with Crippen LogP contribution in [0.2, 0.25) is 0 Å². The molecule has 21 heavy (non-hydrogen) atoms. The van der Waals surface area contributed by atoms with E-state index >= 15 is 0 Å². The molecule has 1 atom stereocenters. The number of halogens is 2. The van der Waals surface area contributed by atoms with Crippen LogP contribution in [0.1, 0.15) is 23.0 Å². The number of hydrogen-bond acceptors (Lipinski definition) is 2. The average molecular weight is 291 g/mol. The number of nitrogens with zero attached hydrogens (tertiary/aromatic N) is 1. The Kier molecular flexibility index (Phi) is 3.47. The van der Waals surface area contributed by atoms with Gasteiger partial charge >= 0.3 is 0 Å². The number of nitrogens with one attached hydrogen (secondary N) is 1. The highest BCUT2D eigenvalue weighted by atomic mass is 19.2. The van der Waals surface area contributed by atoms with E-state index in [0.717, 1.165) is 18.6 Å². The predicted molar refractivity (Wildman–Crippen MR) is 74.8 cm³/mol. The molecule has 0 aliphatic carbocycles. The van der Waals surface area contributed by atoms with Crippen LogP contribution in [-0.4, -0.2) is 23.6 Å². The molecule has 1 aromatic heterocycles. The second-order valence-corrected chi connectivity index (χ2v) is 5.09. The fourth-order valence-corrected chi connectivity index (χ4v) is 2.63. The standard InChI is InChI=1S/C15H15F2N3O/c16-12-2-1-9(5-13(12)17)10-6-14-15(21)19-7-11(3-4-18)20(14)8-10/h1-2,5-6,8,11H,3-4,7,18H2,(H,19,21). The Hall–Kier alpha value is -2.21. The van der Waals surface area contributed by atoms with Gasteiger partial charge in [0.25, 0.3) is 5.91 Å². The molecule has 0 radical (unpaired) electrons. The molecule has 0 bridgehead atoms. The van der Waals surface area contributed by atoms with Gasteiger partial charge in [0.1, 0.15) is 5.69 Å². The second kappa shape index (κ2) is 5.29. The molecular formula is C15H15F2N3O. The van der Waals surface area contributed by atoms with Gasteiger partial charge in [0.2, 0.25) is 0 Å². The van der Waals surface area contributed by atoms with Crippen LogP contribution in [-0.2, 0) is 0 Å². The Morgan fingerprint density at radius 3 is 2.76 bits per heavy atom. The molecule has 0 spiro atoms. The SMILES string of the molecule is NCCC1CNC(=O)c2cc(-c3ccc(F)c(F)c3)cn21. The first-order valence-electron chi connectivity index (χ1n) is 6.75. The van der Waals surface area contributed by atoms with Crippen LogP contribution < -0.4 is 11.1 Å². The maximum atomic E-state index is 13.3. The van der Waals surface area contributed by atoms with Crippen LogP contribution in [0.15, 0.2) is 30.5 Å². The van der Waals surface area contributed by atoms with Crippen molar-refractivity contribution in [2.75, 3.05) is 13.1 Å². The first-order chi connectivity index (χ1) is 10.1. The lowest BCUT2D eigenvalue weighted by molar-refractivity contribution is 0.0913. The van der Waals surface area contributed by atoms with E-state index in [1.807, 2.05) is 4.57 Å². The molecule has 0 fully saturated rings. The van der Waals surface area contributed by atoms with Gasteiger partial charge in [-0.05, 0) is 36.7 Å². The number of benzene rings is 1. The van der Waals surface area contributed by atoms with Crippen molar-refractivity contribution in [3.05, 3.63) is 47.8 Å². The van der Waals surface area contributed by atoms with E-state index in [-0.39, 0.29) is 11.9 Å². The highest BCUT2D eigenvalue weighted by Gasteiger charge is 2.25. The summed E-state index contributed by atoms with van der Waals surface area (Å²) in [4.78, 5) is 11.9. The third-order valence-electron chi connectivity index (χ3n) is 3.73. The summed E-state index contributed by atoms with van der Waals surface area (Å²) in [5.74, 6) is -1.96. The summed E-state index contributed by atoms with van der Waals surface area (Å²) in [5.41, 5.74) is 7.32. The zero-order valence-corrected chi connectivity index (χ0v) is 11.3. The minimum atomic E-state index is -0.903. The van der Waals surface area contributed by atoms with Gasteiger partial charge in [-0.15, -0.1) is 0 Å². The van der Waals surface area contributed by atoms with Crippen molar-refractivity contribution >= 4 is 5.91 Å². The van der Waals surface area contributed by atoms with E-state index in [1.54, 1.807) is 12.3 Å². The molecule has 0 saturated heterocycles. The third-order valence-corrected chi connectivity index (χ3v) is 3.73. The van der Waals surface area contributed by atoms with Crippen molar-refractivity contribution in [2.45, 2.75) is 12.5 Å². The Balaban J connectivity index is 2.04. The van der Waals surface area contributed by atoms with Crippen molar-refractivity contribution in [1.29, 1.82) is 0 Å². The number of carbonyl (C=O) groups is 1. The first kappa shape index (κ1) is 13.8. The van der Waals surface area contributed by atoms with Crippen molar-refractivity contribution in [2.24, 2.45) is 5.73 Å². The summed E-state index contributed by atoms with van der Waals surface area (Å²) < 4.78 is 28.2. The average Bonchev–Trinajstić information content (AvgIpc) is 2.91. The van der Waals surface area contributed by atoms with Crippen molar-refractivity contribution in [1.82, 2.24) is 9.88 Å².